The first-order valence-electron chi connectivity index (χ1n) is 9.51. The number of amides is 1. The van der Waals surface area contributed by atoms with Crippen molar-refractivity contribution in [1.82, 2.24) is 9.97 Å². The zero-order chi connectivity index (χ0) is 19.7. The zero-order valence-electron chi connectivity index (χ0n) is 15.7. The number of fused-ring (bicyclic) bond motifs is 1. The summed E-state index contributed by atoms with van der Waals surface area (Å²) in [6.07, 6.45) is 3.11. The number of nitrogens with one attached hydrogen (secondary N) is 1. The highest BCUT2D eigenvalue weighted by Gasteiger charge is 2.24. The van der Waals surface area contributed by atoms with E-state index in [9.17, 15) is 9.90 Å². The van der Waals surface area contributed by atoms with Crippen molar-refractivity contribution >= 4 is 29.0 Å². The summed E-state index contributed by atoms with van der Waals surface area (Å²) in [4.78, 5) is 22.3. The van der Waals surface area contributed by atoms with E-state index in [2.05, 4.69) is 20.2 Å². The highest BCUT2D eigenvalue weighted by atomic mass is 35.5. The quantitative estimate of drug-likeness (QED) is 0.764. The Hall–Kier alpha value is -2.38. The van der Waals surface area contributed by atoms with Crippen LogP contribution in [0.1, 0.15) is 36.2 Å². The molecule has 2 N–H and O–H groups in total. The summed E-state index contributed by atoms with van der Waals surface area (Å²) in [6.45, 7) is 3.22. The lowest BCUT2D eigenvalue weighted by molar-refractivity contribution is -0.116. The normalized spacial score (nSPS) is 17.2. The standard InChI is InChI=1S/C20H23ClN4O3/c1-12-19(21)23-17(11-26)24-20(12)25-8-6-14(7-9-25)28-15-4-2-13-3-5-18(27)22-16(13)10-15/h2,4,10,14,26H,3,5-9,11H2,1H3,(H,22,27). The molecule has 4 rings (SSSR count). The molecule has 0 aliphatic carbocycles. The number of nitrogens with zero attached hydrogens (tertiary/aromatic N) is 3. The van der Waals surface area contributed by atoms with Crippen molar-refractivity contribution in [3.8, 4) is 5.75 Å². The predicted octanol–water partition coefficient (Wildman–Crippen LogP) is 2.86. The van der Waals surface area contributed by atoms with Gasteiger partial charge in [0.05, 0.1) is 0 Å². The van der Waals surface area contributed by atoms with E-state index in [-0.39, 0.29) is 18.6 Å². The van der Waals surface area contributed by atoms with E-state index in [4.69, 9.17) is 16.3 Å². The van der Waals surface area contributed by atoms with E-state index in [1.54, 1.807) is 0 Å². The van der Waals surface area contributed by atoms with E-state index in [1.165, 1.54) is 0 Å². The maximum absolute atomic E-state index is 11.6. The molecule has 1 aromatic carbocycles. The molecule has 0 spiro atoms. The highest BCUT2D eigenvalue weighted by Crippen LogP contribution is 2.30. The fraction of sp³-hybridized carbons (Fsp3) is 0.450. The lowest BCUT2D eigenvalue weighted by atomic mass is 10.0. The number of carbonyl (C=O) groups excluding carboxylic acids is 1. The van der Waals surface area contributed by atoms with Crippen LogP contribution in [-0.4, -0.2) is 40.2 Å². The highest BCUT2D eigenvalue weighted by molar-refractivity contribution is 6.30. The Morgan fingerprint density at radius 2 is 2.07 bits per heavy atom. The van der Waals surface area contributed by atoms with Crippen LogP contribution in [0, 0.1) is 6.92 Å². The maximum atomic E-state index is 11.6. The van der Waals surface area contributed by atoms with Crippen molar-refractivity contribution in [2.24, 2.45) is 0 Å². The summed E-state index contributed by atoms with van der Waals surface area (Å²) in [5, 5.41) is 12.6. The number of aryl methyl sites for hydroxylation is 1. The van der Waals surface area contributed by atoms with Crippen LogP contribution in [0.15, 0.2) is 18.2 Å². The molecule has 28 heavy (non-hydrogen) atoms. The van der Waals surface area contributed by atoms with Gasteiger partial charge in [-0.3, -0.25) is 4.79 Å². The Morgan fingerprint density at radius 3 is 2.82 bits per heavy atom. The number of hydrogen-bond donors (Lipinski definition) is 2. The molecule has 2 aliphatic heterocycles. The van der Waals surface area contributed by atoms with Crippen LogP contribution < -0.4 is 15.0 Å². The van der Waals surface area contributed by atoms with Crippen LogP contribution in [-0.2, 0) is 17.8 Å². The second kappa shape index (κ2) is 7.93. The van der Waals surface area contributed by atoms with Gasteiger partial charge >= 0.3 is 0 Å². The number of halogens is 1. The van der Waals surface area contributed by atoms with Gasteiger partial charge in [0.25, 0.3) is 0 Å². The molecule has 148 valence electrons. The van der Waals surface area contributed by atoms with Crippen molar-refractivity contribution in [2.45, 2.75) is 45.3 Å². The van der Waals surface area contributed by atoms with Gasteiger partial charge in [-0.1, -0.05) is 17.7 Å². The summed E-state index contributed by atoms with van der Waals surface area (Å²) in [5.74, 6) is 1.95. The van der Waals surface area contributed by atoms with Crippen molar-refractivity contribution in [3.63, 3.8) is 0 Å². The number of benzene rings is 1. The number of aromatic nitrogens is 2. The fourth-order valence-corrected chi connectivity index (χ4v) is 3.88. The average molecular weight is 403 g/mol. The van der Waals surface area contributed by atoms with E-state index in [1.807, 2.05) is 25.1 Å². The van der Waals surface area contributed by atoms with Gasteiger partial charge in [0.1, 0.15) is 29.4 Å². The number of anilines is 2. The molecule has 1 amide bonds. The van der Waals surface area contributed by atoms with Crippen LogP contribution in [0.4, 0.5) is 11.5 Å². The number of carbonyl (C=O) groups is 1. The lowest BCUT2D eigenvalue weighted by Gasteiger charge is -2.34. The summed E-state index contributed by atoms with van der Waals surface area (Å²) in [5.41, 5.74) is 2.83. The molecule has 2 aliphatic rings. The van der Waals surface area contributed by atoms with E-state index in [0.717, 1.165) is 60.7 Å². The Bertz CT molecular complexity index is 897. The number of aliphatic hydroxyl groups is 1. The van der Waals surface area contributed by atoms with E-state index in [0.29, 0.717) is 17.4 Å². The third-order valence-electron chi connectivity index (χ3n) is 5.27. The van der Waals surface area contributed by atoms with E-state index < -0.39 is 0 Å². The monoisotopic (exact) mass is 402 g/mol. The molecule has 7 nitrogen and oxygen atoms in total. The van der Waals surface area contributed by atoms with Crippen LogP contribution in [0.3, 0.4) is 0 Å². The van der Waals surface area contributed by atoms with Crippen molar-refractivity contribution in [3.05, 3.63) is 40.3 Å². The number of rotatable bonds is 4. The Balaban J connectivity index is 1.41. The van der Waals surface area contributed by atoms with Crippen LogP contribution in [0.5, 0.6) is 5.75 Å². The molecular weight excluding hydrogens is 380 g/mol. The Labute approximate surface area is 168 Å². The second-order valence-electron chi connectivity index (χ2n) is 7.21. The van der Waals surface area contributed by atoms with Gasteiger partial charge < -0.3 is 20.1 Å². The topological polar surface area (TPSA) is 87.6 Å². The zero-order valence-corrected chi connectivity index (χ0v) is 16.5. The summed E-state index contributed by atoms with van der Waals surface area (Å²) >= 11 is 6.18. The molecule has 2 aromatic rings. The molecule has 3 heterocycles. The summed E-state index contributed by atoms with van der Waals surface area (Å²) in [7, 11) is 0. The molecule has 1 saturated heterocycles. The minimum absolute atomic E-state index is 0.0547. The van der Waals surface area contributed by atoms with Gasteiger partial charge in [-0.15, -0.1) is 0 Å². The van der Waals surface area contributed by atoms with Crippen LogP contribution in [0.25, 0.3) is 0 Å². The molecule has 8 heteroatoms. The van der Waals surface area contributed by atoms with Gasteiger partial charge in [0.2, 0.25) is 5.91 Å². The van der Waals surface area contributed by atoms with Crippen LogP contribution in [0.2, 0.25) is 5.15 Å². The minimum atomic E-state index is -0.235. The van der Waals surface area contributed by atoms with Crippen molar-refractivity contribution in [1.29, 1.82) is 0 Å². The molecule has 0 unspecified atom stereocenters. The minimum Gasteiger partial charge on any atom is -0.490 e. The molecule has 0 atom stereocenters. The van der Waals surface area contributed by atoms with Crippen molar-refractivity contribution < 1.29 is 14.6 Å². The first-order valence-corrected chi connectivity index (χ1v) is 9.89. The molecule has 0 bridgehead atoms. The van der Waals surface area contributed by atoms with Gasteiger partial charge in [0, 0.05) is 49.7 Å². The number of hydrogen-bond acceptors (Lipinski definition) is 6. The largest absolute Gasteiger partial charge is 0.490 e. The second-order valence-corrected chi connectivity index (χ2v) is 7.57. The van der Waals surface area contributed by atoms with Gasteiger partial charge in [-0.2, -0.15) is 0 Å². The number of ether oxygens (including phenoxy) is 1. The first-order chi connectivity index (χ1) is 13.5. The number of piperidine rings is 1. The van der Waals surface area contributed by atoms with Gasteiger partial charge in [-0.05, 0) is 25.0 Å². The molecular formula is C20H23ClN4O3. The third-order valence-corrected chi connectivity index (χ3v) is 5.64. The Kier molecular flexibility index (Phi) is 5.37. The lowest BCUT2D eigenvalue weighted by Crippen LogP contribution is -2.39. The predicted molar refractivity (Wildman–Crippen MR) is 107 cm³/mol. The SMILES string of the molecule is Cc1c(Cl)nc(CO)nc1N1CCC(Oc2ccc3c(c2)NC(=O)CC3)CC1. The van der Waals surface area contributed by atoms with Crippen LogP contribution >= 0.6 is 11.6 Å². The van der Waals surface area contributed by atoms with Gasteiger partial charge in [-0.25, -0.2) is 9.97 Å². The van der Waals surface area contributed by atoms with Crippen molar-refractivity contribution in [2.75, 3.05) is 23.3 Å². The summed E-state index contributed by atoms with van der Waals surface area (Å²) in [6, 6.07) is 5.92. The van der Waals surface area contributed by atoms with Gasteiger partial charge in [0.15, 0.2) is 5.82 Å². The smallest absolute Gasteiger partial charge is 0.224 e. The molecule has 1 aromatic heterocycles. The maximum Gasteiger partial charge on any atom is 0.224 e. The Morgan fingerprint density at radius 1 is 1.29 bits per heavy atom. The number of aliphatic hydroxyl groups excluding tert-OH is 1. The third kappa shape index (κ3) is 3.91. The molecule has 0 saturated carbocycles. The molecule has 1 fully saturated rings. The van der Waals surface area contributed by atoms with E-state index >= 15 is 0 Å². The first kappa shape index (κ1) is 19.0. The summed E-state index contributed by atoms with van der Waals surface area (Å²) < 4.78 is 6.16. The average Bonchev–Trinajstić information content (AvgIpc) is 2.70. The molecule has 0 radical (unpaired) electrons. The fourth-order valence-electron chi connectivity index (χ4n) is 3.70.